The molecule has 2 N–H and O–H groups in total. The van der Waals surface area contributed by atoms with E-state index in [2.05, 4.69) is 10.3 Å². The number of thiophene rings is 1. The van der Waals surface area contributed by atoms with E-state index in [9.17, 15) is 9.59 Å². The summed E-state index contributed by atoms with van der Waals surface area (Å²) in [6.45, 7) is 0.258. The normalized spacial score (nSPS) is 10.4. The van der Waals surface area contributed by atoms with Gasteiger partial charge in [-0.25, -0.2) is 9.78 Å². The standard InChI is InChI=1S/C13H14ClN3O3S2/c14-11-2-1-10(22-11)5-17(6-12(18)19)13(20)15-4-3-9-7-21-8-16-9/h1-2,7-8H,3-6H2,(H,15,20)(H,18,19). The predicted molar refractivity (Wildman–Crippen MR) is 86.6 cm³/mol. The Labute approximate surface area is 140 Å². The maximum atomic E-state index is 12.1. The summed E-state index contributed by atoms with van der Waals surface area (Å²) < 4.78 is 0.606. The summed E-state index contributed by atoms with van der Waals surface area (Å²) in [5, 5.41) is 13.6. The molecule has 118 valence electrons. The van der Waals surface area contributed by atoms with E-state index in [1.807, 2.05) is 5.38 Å². The van der Waals surface area contributed by atoms with Crippen molar-refractivity contribution in [3.05, 3.63) is 37.9 Å². The first kappa shape index (κ1) is 16.7. The highest BCUT2D eigenvalue weighted by Crippen LogP contribution is 2.22. The first-order chi connectivity index (χ1) is 10.5. The summed E-state index contributed by atoms with van der Waals surface area (Å²) in [4.78, 5) is 29.2. The van der Waals surface area contributed by atoms with Crippen molar-refractivity contribution in [1.82, 2.24) is 15.2 Å². The molecule has 0 unspecified atom stereocenters. The van der Waals surface area contributed by atoms with Gasteiger partial charge in [0.05, 0.1) is 22.1 Å². The molecule has 0 fully saturated rings. The molecule has 0 aliphatic heterocycles. The second-order valence-corrected chi connectivity index (χ2v) is 6.94. The number of carboxylic acid groups (broad SMARTS) is 1. The minimum absolute atomic E-state index is 0.215. The highest BCUT2D eigenvalue weighted by molar-refractivity contribution is 7.16. The Bertz CT molecular complexity index is 630. The molecule has 0 bridgehead atoms. The number of hydrogen-bond donors (Lipinski definition) is 2. The Morgan fingerprint density at radius 1 is 1.41 bits per heavy atom. The number of carbonyl (C=O) groups excluding carboxylic acids is 1. The number of halogens is 1. The lowest BCUT2D eigenvalue weighted by Crippen LogP contribution is -2.42. The Kier molecular flexibility index (Phi) is 6.17. The number of nitrogens with zero attached hydrogens (tertiary/aromatic N) is 2. The molecule has 0 saturated carbocycles. The number of rotatable bonds is 7. The van der Waals surface area contributed by atoms with Crippen LogP contribution >= 0.6 is 34.3 Å². The summed E-state index contributed by atoms with van der Waals surface area (Å²) in [7, 11) is 0. The lowest BCUT2D eigenvalue weighted by molar-refractivity contribution is -0.137. The molecule has 0 aromatic carbocycles. The van der Waals surface area contributed by atoms with Gasteiger partial charge >= 0.3 is 12.0 Å². The molecular formula is C13H14ClN3O3S2. The van der Waals surface area contributed by atoms with Crippen molar-refractivity contribution in [2.75, 3.05) is 13.1 Å². The van der Waals surface area contributed by atoms with Gasteiger partial charge in [-0.05, 0) is 12.1 Å². The monoisotopic (exact) mass is 359 g/mol. The van der Waals surface area contributed by atoms with E-state index in [-0.39, 0.29) is 13.1 Å². The molecule has 0 saturated heterocycles. The third kappa shape index (κ3) is 5.28. The zero-order valence-electron chi connectivity index (χ0n) is 11.5. The summed E-state index contributed by atoms with van der Waals surface area (Å²) >= 11 is 8.67. The van der Waals surface area contributed by atoms with Gasteiger partial charge in [0, 0.05) is 23.2 Å². The largest absolute Gasteiger partial charge is 0.480 e. The van der Waals surface area contributed by atoms with Gasteiger partial charge in [-0.1, -0.05) is 11.6 Å². The molecule has 2 aromatic rings. The zero-order chi connectivity index (χ0) is 15.9. The molecule has 0 aliphatic rings. The fourth-order valence-corrected chi connectivity index (χ4v) is 3.45. The molecule has 6 nitrogen and oxygen atoms in total. The number of amides is 2. The van der Waals surface area contributed by atoms with Gasteiger partial charge in [0.2, 0.25) is 0 Å². The summed E-state index contributed by atoms with van der Waals surface area (Å²) in [5.74, 6) is -1.06. The number of aliphatic carboxylic acids is 1. The minimum atomic E-state index is -1.06. The topological polar surface area (TPSA) is 82.5 Å². The van der Waals surface area contributed by atoms with Gasteiger partial charge in [0.15, 0.2) is 0 Å². The van der Waals surface area contributed by atoms with Crippen LogP contribution in [0.4, 0.5) is 4.79 Å². The van der Waals surface area contributed by atoms with E-state index >= 15 is 0 Å². The van der Waals surface area contributed by atoms with E-state index in [0.29, 0.717) is 17.3 Å². The van der Waals surface area contributed by atoms with Gasteiger partial charge < -0.3 is 15.3 Å². The maximum Gasteiger partial charge on any atom is 0.323 e. The zero-order valence-corrected chi connectivity index (χ0v) is 13.9. The number of carbonyl (C=O) groups is 2. The SMILES string of the molecule is O=C(O)CN(Cc1ccc(Cl)s1)C(=O)NCCc1cscn1. The highest BCUT2D eigenvalue weighted by atomic mass is 35.5. The van der Waals surface area contributed by atoms with Crippen LogP contribution in [0.2, 0.25) is 4.34 Å². The first-order valence-corrected chi connectivity index (χ1v) is 8.54. The number of nitrogens with one attached hydrogen (secondary N) is 1. The van der Waals surface area contributed by atoms with E-state index < -0.39 is 12.0 Å². The third-order valence-corrected chi connectivity index (χ3v) is 4.58. The Morgan fingerprint density at radius 2 is 2.23 bits per heavy atom. The number of carboxylic acids is 1. The second-order valence-electron chi connectivity index (χ2n) is 4.42. The van der Waals surface area contributed by atoms with Crippen molar-refractivity contribution in [1.29, 1.82) is 0 Å². The van der Waals surface area contributed by atoms with Crippen LogP contribution in [0.25, 0.3) is 0 Å². The summed E-state index contributed by atoms with van der Waals surface area (Å²) in [6.07, 6.45) is 0.612. The molecule has 2 rings (SSSR count). The Morgan fingerprint density at radius 3 is 2.82 bits per heavy atom. The van der Waals surface area contributed by atoms with Gasteiger partial charge in [0.25, 0.3) is 0 Å². The van der Waals surface area contributed by atoms with E-state index in [0.717, 1.165) is 10.6 Å². The van der Waals surface area contributed by atoms with Crippen molar-refractivity contribution >= 4 is 46.3 Å². The predicted octanol–water partition coefficient (Wildman–Crippen LogP) is 2.70. The maximum absolute atomic E-state index is 12.1. The van der Waals surface area contributed by atoms with Crippen LogP contribution in [0.15, 0.2) is 23.0 Å². The minimum Gasteiger partial charge on any atom is -0.480 e. The van der Waals surface area contributed by atoms with Crippen LogP contribution in [-0.2, 0) is 17.8 Å². The number of aromatic nitrogens is 1. The molecule has 0 aliphatic carbocycles. The van der Waals surface area contributed by atoms with Crippen LogP contribution in [0.1, 0.15) is 10.6 Å². The second kappa shape index (κ2) is 8.11. The van der Waals surface area contributed by atoms with Crippen LogP contribution in [0.3, 0.4) is 0 Å². The van der Waals surface area contributed by atoms with Gasteiger partial charge in [-0.15, -0.1) is 22.7 Å². The number of urea groups is 1. The number of thiazole rings is 1. The lowest BCUT2D eigenvalue weighted by Gasteiger charge is -2.20. The van der Waals surface area contributed by atoms with Crippen molar-refractivity contribution in [2.24, 2.45) is 0 Å². The molecular weight excluding hydrogens is 346 g/mol. The van der Waals surface area contributed by atoms with Gasteiger partial charge in [-0.3, -0.25) is 4.79 Å². The quantitative estimate of drug-likeness (QED) is 0.796. The Balaban J connectivity index is 1.89. The van der Waals surface area contributed by atoms with Crippen molar-refractivity contribution < 1.29 is 14.7 Å². The van der Waals surface area contributed by atoms with Crippen molar-refractivity contribution in [2.45, 2.75) is 13.0 Å². The molecule has 0 atom stereocenters. The van der Waals surface area contributed by atoms with Crippen molar-refractivity contribution in [3.63, 3.8) is 0 Å². The smallest absolute Gasteiger partial charge is 0.323 e. The fraction of sp³-hybridized carbons (Fsp3) is 0.308. The van der Waals surface area contributed by atoms with E-state index in [1.165, 1.54) is 27.6 Å². The molecule has 0 spiro atoms. The molecule has 2 aromatic heterocycles. The third-order valence-electron chi connectivity index (χ3n) is 2.73. The van der Waals surface area contributed by atoms with Crippen LogP contribution in [0.5, 0.6) is 0 Å². The highest BCUT2D eigenvalue weighted by Gasteiger charge is 2.17. The van der Waals surface area contributed by atoms with Gasteiger partial charge in [-0.2, -0.15) is 0 Å². The van der Waals surface area contributed by atoms with E-state index in [1.54, 1.807) is 17.6 Å². The first-order valence-electron chi connectivity index (χ1n) is 6.40. The van der Waals surface area contributed by atoms with Crippen LogP contribution < -0.4 is 5.32 Å². The number of hydrogen-bond acceptors (Lipinski definition) is 5. The molecule has 2 amide bonds. The van der Waals surface area contributed by atoms with Gasteiger partial charge in [0.1, 0.15) is 6.54 Å². The average Bonchev–Trinajstić information content (AvgIpc) is 3.09. The average molecular weight is 360 g/mol. The fourth-order valence-electron chi connectivity index (χ4n) is 1.76. The van der Waals surface area contributed by atoms with Crippen LogP contribution in [0, 0.1) is 0 Å². The summed E-state index contributed by atoms with van der Waals surface area (Å²) in [5.41, 5.74) is 2.63. The van der Waals surface area contributed by atoms with Crippen molar-refractivity contribution in [3.8, 4) is 0 Å². The molecule has 9 heteroatoms. The van der Waals surface area contributed by atoms with E-state index in [4.69, 9.17) is 16.7 Å². The molecule has 22 heavy (non-hydrogen) atoms. The lowest BCUT2D eigenvalue weighted by atomic mass is 10.3. The molecule has 2 heterocycles. The molecule has 0 radical (unpaired) electrons. The summed E-state index contributed by atoms with van der Waals surface area (Å²) in [6, 6.07) is 3.09. The van der Waals surface area contributed by atoms with Crippen LogP contribution in [-0.4, -0.2) is 40.1 Å². The Hall–Kier alpha value is -1.64.